The summed E-state index contributed by atoms with van der Waals surface area (Å²) < 4.78 is 4.93. The third kappa shape index (κ3) is 4.00. The minimum absolute atomic E-state index is 0.254. The van der Waals surface area contributed by atoms with Gasteiger partial charge in [-0.25, -0.2) is 9.78 Å². The molecule has 15 heavy (non-hydrogen) atoms. The molecular formula is C10H12N2O2S. The van der Waals surface area contributed by atoms with Gasteiger partial charge in [-0.2, -0.15) is 0 Å². The predicted molar refractivity (Wildman–Crippen MR) is 59.0 cm³/mol. The highest BCUT2D eigenvalue weighted by molar-refractivity contribution is 7.14. The molecular weight excluding hydrogens is 212 g/mol. The first-order chi connectivity index (χ1) is 6.90. The molecule has 0 unspecified atom stereocenters. The second-order valence-corrected chi connectivity index (χ2v) is 4.89. The number of aromatic nitrogens is 1. The van der Waals surface area contributed by atoms with Crippen LogP contribution in [0.25, 0.3) is 0 Å². The summed E-state index contributed by atoms with van der Waals surface area (Å²) >= 11 is 1.16. The number of carbonyl (C=O) groups is 1. The van der Waals surface area contributed by atoms with Gasteiger partial charge in [0.2, 0.25) is 0 Å². The topological polar surface area (TPSA) is 51.2 Å². The van der Waals surface area contributed by atoms with Crippen LogP contribution in [-0.2, 0) is 0 Å². The zero-order valence-corrected chi connectivity index (χ0v) is 9.64. The van der Waals surface area contributed by atoms with Crippen LogP contribution in [0, 0.1) is 12.3 Å². The van der Waals surface area contributed by atoms with Crippen molar-refractivity contribution < 1.29 is 9.53 Å². The normalized spacial score (nSPS) is 10.5. The zero-order chi connectivity index (χ0) is 11.5. The van der Waals surface area contributed by atoms with Gasteiger partial charge in [-0.15, -0.1) is 6.42 Å². The van der Waals surface area contributed by atoms with Crippen LogP contribution in [-0.4, -0.2) is 16.6 Å². The van der Waals surface area contributed by atoms with Crippen LogP contribution in [0.5, 0.6) is 5.19 Å². The van der Waals surface area contributed by atoms with E-state index in [4.69, 9.17) is 11.2 Å². The Morgan fingerprint density at radius 3 is 2.80 bits per heavy atom. The fourth-order valence-corrected chi connectivity index (χ4v) is 1.36. The fourth-order valence-electron chi connectivity index (χ4n) is 0.783. The number of rotatable bonds is 1. The van der Waals surface area contributed by atoms with E-state index in [1.807, 2.05) is 20.8 Å². The monoisotopic (exact) mass is 224 g/mol. The number of amides is 1. The number of nitrogens with one attached hydrogen (secondary N) is 1. The van der Waals surface area contributed by atoms with Crippen LogP contribution in [0.1, 0.15) is 25.6 Å². The lowest BCUT2D eigenvalue weighted by Crippen LogP contribution is -2.42. The predicted octanol–water partition coefficient (Wildman–Crippen LogP) is 2.01. The molecule has 0 saturated carbocycles. The van der Waals surface area contributed by atoms with Crippen molar-refractivity contribution >= 4 is 17.4 Å². The first-order valence-corrected chi connectivity index (χ1v) is 5.15. The van der Waals surface area contributed by atoms with Crippen molar-refractivity contribution in [1.29, 1.82) is 0 Å². The first kappa shape index (κ1) is 11.5. The molecule has 1 rings (SSSR count). The Hall–Kier alpha value is -1.54. The van der Waals surface area contributed by atoms with Crippen molar-refractivity contribution in [1.82, 2.24) is 10.3 Å². The fraction of sp³-hybridized carbons (Fsp3) is 0.400. The lowest BCUT2D eigenvalue weighted by atomic mass is 10.1. The quantitative estimate of drug-likeness (QED) is 0.742. The minimum Gasteiger partial charge on any atom is -0.381 e. The molecule has 0 radical (unpaired) electrons. The molecule has 4 nitrogen and oxygen atoms in total. The zero-order valence-electron chi connectivity index (χ0n) is 8.83. The standard InChI is InChI=1S/C10H12N2O2S/c1-5-7-6-11-9(15-7)14-8(13)12-10(2,3)4/h1,6H,2-4H3,(H,12,13). The molecule has 1 aromatic rings. The molecule has 0 fully saturated rings. The number of terminal acetylenes is 1. The molecule has 80 valence electrons. The molecule has 1 heterocycles. The molecule has 5 heteroatoms. The van der Waals surface area contributed by atoms with E-state index >= 15 is 0 Å². The van der Waals surface area contributed by atoms with Gasteiger partial charge in [-0.05, 0) is 20.8 Å². The van der Waals surface area contributed by atoms with Gasteiger partial charge < -0.3 is 10.1 Å². The van der Waals surface area contributed by atoms with Gasteiger partial charge in [0.05, 0.1) is 6.20 Å². The average Bonchev–Trinajstić information content (AvgIpc) is 2.48. The number of ether oxygens (including phenoxy) is 1. The molecule has 0 saturated heterocycles. The summed E-state index contributed by atoms with van der Waals surface area (Å²) in [6.07, 6.45) is 6.12. The van der Waals surface area contributed by atoms with Gasteiger partial charge >= 0.3 is 6.09 Å². The Kier molecular flexibility index (Phi) is 3.32. The summed E-state index contributed by atoms with van der Waals surface area (Å²) in [5, 5.41) is 2.90. The third-order valence-corrected chi connectivity index (χ3v) is 2.09. The van der Waals surface area contributed by atoms with E-state index in [0.717, 1.165) is 11.3 Å². The van der Waals surface area contributed by atoms with Crippen molar-refractivity contribution in [3.63, 3.8) is 0 Å². The van der Waals surface area contributed by atoms with E-state index in [-0.39, 0.29) is 10.7 Å². The van der Waals surface area contributed by atoms with E-state index < -0.39 is 6.09 Å². The molecule has 0 aliphatic carbocycles. The number of nitrogens with zero attached hydrogens (tertiary/aromatic N) is 1. The van der Waals surface area contributed by atoms with E-state index in [9.17, 15) is 4.79 Å². The van der Waals surface area contributed by atoms with Crippen LogP contribution in [0.15, 0.2) is 6.20 Å². The van der Waals surface area contributed by atoms with Crippen molar-refractivity contribution in [2.45, 2.75) is 26.3 Å². The molecule has 0 aromatic carbocycles. The van der Waals surface area contributed by atoms with E-state index in [2.05, 4.69) is 16.2 Å². The number of hydrogen-bond acceptors (Lipinski definition) is 4. The maximum Gasteiger partial charge on any atom is 0.414 e. The van der Waals surface area contributed by atoms with Crippen LogP contribution < -0.4 is 10.1 Å². The molecule has 0 bridgehead atoms. The van der Waals surface area contributed by atoms with Crippen LogP contribution in [0.4, 0.5) is 4.79 Å². The number of hydrogen-bond donors (Lipinski definition) is 1. The average molecular weight is 224 g/mol. The van der Waals surface area contributed by atoms with Gasteiger partial charge in [0.25, 0.3) is 5.19 Å². The SMILES string of the molecule is C#Cc1cnc(OC(=O)NC(C)(C)C)s1. The Bertz CT molecular complexity index is 398. The second-order valence-electron chi connectivity index (χ2n) is 3.90. The van der Waals surface area contributed by atoms with Crippen LogP contribution in [0.2, 0.25) is 0 Å². The van der Waals surface area contributed by atoms with Crippen molar-refractivity contribution in [2.24, 2.45) is 0 Å². The summed E-state index contributed by atoms with van der Waals surface area (Å²) in [5.41, 5.74) is -0.330. The maximum absolute atomic E-state index is 11.3. The van der Waals surface area contributed by atoms with Gasteiger partial charge in [-0.3, -0.25) is 0 Å². The summed E-state index contributed by atoms with van der Waals surface area (Å²) in [5.74, 6) is 2.41. The Morgan fingerprint density at radius 2 is 2.33 bits per heavy atom. The number of carbonyl (C=O) groups excluding carboxylic acids is 1. The van der Waals surface area contributed by atoms with Crippen LogP contribution >= 0.6 is 11.3 Å². The van der Waals surface area contributed by atoms with Gasteiger partial charge in [0, 0.05) is 5.54 Å². The number of thiazole rings is 1. The largest absolute Gasteiger partial charge is 0.414 e. The molecule has 1 N–H and O–H groups in total. The summed E-state index contributed by atoms with van der Waals surface area (Å²) in [6, 6.07) is 0. The van der Waals surface area contributed by atoms with E-state index in [1.165, 1.54) is 6.20 Å². The first-order valence-electron chi connectivity index (χ1n) is 4.33. The van der Waals surface area contributed by atoms with Crippen LogP contribution in [0.3, 0.4) is 0 Å². The maximum atomic E-state index is 11.3. The molecule has 1 amide bonds. The smallest absolute Gasteiger partial charge is 0.381 e. The molecule has 1 aromatic heterocycles. The Morgan fingerprint density at radius 1 is 1.67 bits per heavy atom. The van der Waals surface area contributed by atoms with Crippen molar-refractivity contribution in [3.05, 3.63) is 11.1 Å². The van der Waals surface area contributed by atoms with Crippen molar-refractivity contribution in [2.75, 3.05) is 0 Å². The lowest BCUT2D eigenvalue weighted by molar-refractivity contribution is 0.190. The summed E-state index contributed by atoms with van der Waals surface area (Å²) in [7, 11) is 0. The van der Waals surface area contributed by atoms with Crippen molar-refractivity contribution in [3.8, 4) is 17.5 Å². The molecule has 0 aliphatic rings. The highest BCUT2D eigenvalue weighted by Crippen LogP contribution is 2.19. The van der Waals surface area contributed by atoms with E-state index in [0.29, 0.717) is 4.88 Å². The van der Waals surface area contributed by atoms with Gasteiger partial charge in [0.1, 0.15) is 4.88 Å². The summed E-state index contributed by atoms with van der Waals surface area (Å²) in [4.78, 5) is 15.8. The Balaban J connectivity index is 2.56. The third-order valence-electron chi connectivity index (χ3n) is 1.28. The minimum atomic E-state index is -0.527. The highest BCUT2D eigenvalue weighted by atomic mass is 32.1. The molecule has 0 spiro atoms. The lowest BCUT2D eigenvalue weighted by Gasteiger charge is -2.18. The molecule has 0 atom stereocenters. The summed E-state index contributed by atoms with van der Waals surface area (Å²) in [6.45, 7) is 5.59. The van der Waals surface area contributed by atoms with Gasteiger partial charge in [0.15, 0.2) is 0 Å². The highest BCUT2D eigenvalue weighted by Gasteiger charge is 2.16. The Labute approximate surface area is 92.7 Å². The van der Waals surface area contributed by atoms with Gasteiger partial charge in [-0.1, -0.05) is 17.3 Å². The second kappa shape index (κ2) is 4.32. The molecule has 0 aliphatic heterocycles. The van der Waals surface area contributed by atoms with E-state index in [1.54, 1.807) is 0 Å².